The number of carbonyl (C=O) groups is 1. The van der Waals surface area contributed by atoms with Crippen LogP contribution >= 0.6 is 7.60 Å². The van der Waals surface area contributed by atoms with Gasteiger partial charge in [-0.2, -0.15) is 0 Å². The topological polar surface area (TPSA) is 72.8 Å². The van der Waals surface area contributed by atoms with E-state index in [-0.39, 0.29) is 17.7 Å². The number of carbonyl (C=O) groups excluding carboxylic acids is 1. The Morgan fingerprint density at radius 2 is 2.06 bits per heavy atom. The fraction of sp³-hybridized carbons (Fsp3) is 0.417. The number of esters is 1. The van der Waals surface area contributed by atoms with Gasteiger partial charge in [0.15, 0.2) is 0 Å². The first-order valence-electron chi connectivity index (χ1n) is 5.72. The Morgan fingerprint density at radius 1 is 1.39 bits per heavy atom. The molecule has 0 aliphatic rings. The van der Waals surface area contributed by atoms with Crippen LogP contribution in [-0.4, -0.2) is 17.5 Å². The molecule has 0 amide bonds. The minimum atomic E-state index is -3.95. The third-order valence-corrected chi connectivity index (χ3v) is 3.70. The van der Waals surface area contributed by atoms with E-state index in [0.29, 0.717) is 6.42 Å². The zero-order chi connectivity index (χ0) is 13.6. The standard InChI is InChI=1S/C12H17O5P/c1-3-4-9-16-18(14,15)12-8-6-5-7-11(12)17-10(2)13/h5-8H,3-4,9H2,1-2H3,(H,14,15). The molecule has 0 aliphatic carbocycles. The Balaban J connectivity index is 2.92. The van der Waals surface area contributed by atoms with Crippen molar-refractivity contribution >= 4 is 18.9 Å². The first kappa shape index (κ1) is 14.9. The van der Waals surface area contributed by atoms with Crippen molar-refractivity contribution in [1.29, 1.82) is 0 Å². The highest BCUT2D eigenvalue weighted by molar-refractivity contribution is 7.61. The Morgan fingerprint density at radius 3 is 2.67 bits per heavy atom. The van der Waals surface area contributed by atoms with E-state index in [1.54, 1.807) is 12.1 Å². The molecule has 6 heteroatoms. The summed E-state index contributed by atoms with van der Waals surface area (Å²) < 4.78 is 21.9. The van der Waals surface area contributed by atoms with Crippen molar-refractivity contribution in [3.05, 3.63) is 24.3 Å². The van der Waals surface area contributed by atoms with Gasteiger partial charge in [-0.25, -0.2) is 0 Å². The third kappa shape index (κ3) is 4.26. The maximum atomic E-state index is 12.0. The normalized spacial score (nSPS) is 13.9. The molecule has 0 aromatic heterocycles. The second-order valence-electron chi connectivity index (χ2n) is 3.77. The van der Waals surface area contributed by atoms with Crippen LogP contribution in [0.3, 0.4) is 0 Å². The zero-order valence-electron chi connectivity index (χ0n) is 10.5. The second-order valence-corrected chi connectivity index (χ2v) is 5.55. The van der Waals surface area contributed by atoms with Crippen LogP contribution in [0.5, 0.6) is 5.75 Å². The van der Waals surface area contributed by atoms with Crippen molar-refractivity contribution in [1.82, 2.24) is 0 Å². The van der Waals surface area contributed by atoms with Crippen molar-refractivity contribution in [2.24, 2.45) is 0 Å². The highest BCUT2D eigenvalue weighted by Gasteiger charge is 2.27. The summed E-state index contributed by atoms with van der Waals surface area (Å²) in [4.78, 5) is 20.8. The van der Waals surface area contributed by atoms with Crippen molar-refractivity contribution < 1.29 is 23.5 Å². The van der Waals surface area contributed by atoms with E-state index in [1.807, 2.05) is 6.92 Å². The molecule has 0 saturated carbocycles. The van der Waals surface area contributed by atoms with Crippen LogP contribution in [0.2, 0.25) is 0 Å². The summed E-state index contributed by atoms with van der Waals surface area (Å²) in [5, 5.41) is 0.0105. The van der Waals surface area contributed by atoms with E-state index < -0.39 is 13.6 Å². The quantitative estimate of drug-likeness (QED) is 0.372. The van der Waals surface area contributed by atoms with Gasteiger partial charge in [0, 0.05) is 6.92 Å². The van der Waals surface area contributed by atoms with Gasteiger partial charge in [0.05, 0.1) is 6.61 Å². The van der Waals surface area contributed by atoms with Crippen molar-refractivity contribution in [3.63, 3.8) is 0 Å². The predicted octanol–water partition coefficient (Wildman–Crippen LogP) is 2.24. The molecule has 0 spiro atoms. The van der Waals surface area contributed by atoms with Gasteiger partial charge in [-0.15, -0.1) is 0 Å². The van der Waals surface area contributed by atoms with E-state index in [2.05, 4.69) is 0 Å². The summed E-state index contributed by atoms with van der Waals surface area (Å²) in [7, 11) is -3.95. The molecule has 1 aromatic carbocycles. The van der Waals surface area contributed by atoms with Gasteiger partial charge in [0.25, 0.3) is 0 Å². The van der Waals surface area contributed by atoms with Crippen LogP contribution in [0.15, 0.2) is 24.3 Å². The minimum Gasteiger partial charge on any atom is -0.426 e. The van der Waals surface area contributed by atoms with Gasteiger partial charge in [-0.05, 0) is 18.6 Å². The molecular weight excluding hydrogens is 255 g/mol. The molecule has 1 unspecified atom stereocenters. The van der Waals surface area contributed by atoms with Crippen LogP contribution in [0.25, 0.3) is 0 Å². The van der Waals surface area contributed by atoms with Crippen LogP contribution in [0.4, 0.5) is 0 Å². The van der Waals surface area contributed by atoms with Crippen LogP contribution in [0.1, 0.15) is 26.7 Å². The second kappa shape index (κ2) is 6.69. The zero-order valence-corrected chi connectivity index (χ0v) is 11.4. The number of unbranched alkanes of at least 4 members (excludes halogenated alkanes) is 1. The summed E-state index contributed by atoms with van der Waals surface area (Å²) in [6.07, 6.45) is 1.56. The average Bonchev–Trinajstić information content (AvgIpc) is 2.29. The molecule has 1 rings (SSSR count). The molecule has 1 atom stereocenters. The first-order valence-corrected chi connectivity index (χ1v) is 7.30. The molecule has 0 aliphatic heterocycles. The Kier molecular flexibility index (Phi) is 5.54. The van der Waals surface area contributed by atoms with E-state index in [1.165, 1.54) is 19.1 Å². The number of hydrogen-bond acceptors (Lipinski definition) is 4. The van der Waals surface area contributed by atoms with Gasteiger partial charge in [-0.3, -0.25) is 9.36 Å². The van der Waals surface area contributed by atoms with Crippen molar-refractivity contribution in [2.75, 3.05) is 6.61 Å². The summed E-state index contributed by atoms with van der Waals surface area (Å²) in [5.74, 6) is -0.483. The molecule has 0 saturated heterocycles. The highest BCUT2D eigenvalue weighted by Crippen LogP contribution is 2.43. The Hall–Kier alpha value is -1.16. The van der Waals surface area contributed by atoms with Gasteiger partial charge in [0.1, 0.15) is 11.1 Å². The van der Waals surface area contributed by atoms with Gasteiger partial charge < -0.3 is 14.2 Å². The summed E-state index contributed by atoms with van der Waals surface area (Å²) in [6.45, 7) is 3.38. The molecule has 0 radical (unpaired) electrons. The molecule has 1 aromatic rings. The average molecular weight is 272 g/mol. The molecule has 0 heterocycles. The maximum absolute atomic E-state index is 12.0. The summed E-state index contributed by atoms with van der Waals surface area (Å²) >= 11 is 0. The molecule has 1 N–H and O–H groups in total. The number of benzene rings is 1. The van der Waals surface area contributed by atoms with E-state index in [9.17, 15) is 14.3 Å². The van der Waals surface area contributed by atoms with E-state index in [0.717, 1.165) is 6.42 Å². The fourth-order valence-corrected chi connectivity index (χ4v) is 2.52. The number of hydrogen-bond donors (Lipinski definition) is 1. The molecule has 100 valence electrons. The Bertz CT molecular complexity index is 458. The third-order valence-electron chi connectivity index (χ3n) is 2.19. The van der Waals surface area contributed by atoms with Crippen LogP contribution in [-0.2, 0) is 13.9 Å². The minimum absolute atomic E-state index is 0.0105. The lowest BCUT2D eigenvalue weighted by atomic mass is 10.3. The van der Waals surface area contributed by atoms with Crippen molar-refractivity contribution in [2.45, 2.75) is 26.7 Å². The molecule has 18 heavy (non-hydrogen) atoms. The lowest BCUT2D eigenvalue weighted by Crippen LogP contribution is -2.14. The monoisotopic (exact) mass is 272 g/mol. The first-order chi connectivity index (χ1) is 8.47. The fourth-order valence-electron chi connectivity index (χ4n) is 1.33. The summed E-state index contributed by atoms with van der Waals surface area (Å²) in [6, 6.07) is 6.09. The predicted molar refractivity (Wildman–Crippen MR) is 68.1 cm³/mol. The molecular formula is C12H17O5P. The van der Waals surface area contributed by atoms with Crippen LogP contribution in [0, 0.1) is 0 Å². The van der Waals surface area contributed by atoms with Crippen LogP contribution < -0.4 is 10.0 Å². The smallest absolute Gasteiger partial charge is 0.362 e. The molecule has 5 nitrogen and oxygen atoms in total. The summed E-state index contributed by atoms with van der Waals surface area (Å²) in [5.41, 5.74) is 0. The molecule has 0 fully saturated rings. The van der Waals surface area contributed by atoms with Gasteiger partial charge in [0.2, 0.25) is 0 Å². The lowest BCUT2D eigenvalue weighted by molar-refractivity contribution is -0.131. The SMILES string of the molecule is CCCCOP(=O)(O)c1ccccc1OC(C)=O. The Labute approximate surface area is 106 Å². The van der Waals surface area contributed by atoms with E-state index >= 15 is 0 Å². The number of para-hydroxylation sites is 1. The van der Waals surface area contributed by atoms with Gasteiger partial charge >= 0.3 is 13.6 Å². The lowest BCUT2D eigenvalue weighted by Gasteiger charge is -2.15. The van der Waals surface area contributed by atoms with E-state index in [4.69, 9.17) is 9.26 Å². The molecule has 0 bridgehead atoms. The van der Waals surface area contributed by atoms with Gasteiger partial charge in [-0.1, -0.05) is 25.5 Å². The number of ether oxygens (including phenoxy) is 1. The maximum Gasteiger partial charge on any atom is 0.362 e. The largest absolute Gasteiger partial charge is 0.426 e. The highest BCUT2D eigenvalue weighted by atomic mass is 31.2. The van der Waals surface area contributed by atoms with Crippen molar-refractivity contribution in [3.8, 4) is 5.75 Å². The number of rotatable bonds is 6.